The molecule has 0 spiro atoms. The SMILES string of the molecule is CNC(=O)c1cc(OC(C)(C)C)ccc1O. The third kappa shape index (κ3) is 3.15. The summed E-state index contributed by atoms with van der Waals surface area (Å²) in [5, 5.41) is 12.0. The Kier molecular flexibility index (Phi) is 3.42. The minimum atomic E-state index is -0.336. The highest BCUT2D eigenvalue weighted by molar-refractivity contribution is 5.97. The van der Waals surface area contributed by atoms with Gasteiger partial charge in [0.25, 0.3) is 5.91 Å². The van der Waals surface area contributed by atoms with Crippen molar-refractivity contribution in [1.82, 2.24) is 5.32 Å². The molecule has 2 N–H and O–H groups in total. The van der Waals surface area contributed by atoms with Crippen LogP contribution in [0.5, 0.6) is 11.5 Å². The Morgan fingerprint density at radius 2 is 2.00 bits per heavy atom. The average molecular weight is 223 g/mol. The lowest BCUT2D eigenvalue weighted by Gasteiger charge is -2.21. The van der Waals surface area contributed by atoms with Gasteiger partial charge in [-0.15, -0.1) is 0 Å². The number of hydrogen-bond donors (Lipinski definition) is 2. The molecule has 0 radical (unpaired) electrons. The fourth-order valence-corrected chi connectivity index (χ4v) is 1.25. The van der Waals surface area contributed by atoms with E-state index < -0.39 is 0 Å². The number of phenols is 1. The number of carbonyl (C=O) groups is 1. The highest BCUT2D eigenvalue weighted by Gasteiger charge is 2.15. The first-order valence-corrected chi connectivity index (χ1v) is 5.07. The van der Waals surface area contributed by atoms with Crippen LogP contribution in [-0.2, 0) is 0 Å². The monoisotopic (exact) mass is 223 g/mol. The van der Waals surface area contributed by atoms with Gasteiger partial charge in [-0.05, 0) is 39.0 Å². The van der Waals surface area contributed by atoms with E-state index in [2.05, 4.69) is 5.32 Å². The summed E-state index contributed by atoms with van der Waals surface area (Å²) in [5.41, 5.74) is -0.124. The van der Waals surface area contributed by atoms with Crippen molar-refractivity contribution in [3.63, 3.8) is 0 Å². The van der Waals surface area contributed by atoms with Crippen molar-refractivity contribution >= 4 is 5.91 Å². The molecular formula is C12H17NO3. The lowest BCUT2D eigenvalue weighted by molar-refractivity contribution is 0.0957. The molecule has 88 valence electrons. The number of ether oxygens (including phenoxy) is 1. The molecular weight excluding hydrogens is 206 g/mol. The van der Waals surface area contributed by atoms with Crippen LogP contribution in [0.1, 0.15) is 31.1 Å². The van der Waals surface area contributed by atoms with E-state index in [1.807, 2.05) is 20.8 Å². The van der Waals surface area contributed by atoms with Crippen LogP contribution in [0.25, 0.3) is 0 Å². The largest absolute Gasteiger partial charge is 0.507 e. The predicted octanol–water partition coefficient (Wildman–Crippen LogP) is 1.93. The first kappa shape index (κ1) is 12.4. The molecule has 0 saturated carbocycles. The van der Waals surface area contributed by atoms with Gasteiger partial charge in [0.05, 0.1) is 5.56 Å². The minimum absolute atomic E-state index is 0.0550. The molecule has 1 amide bonds. The van der Waals surface area contributed by atoms with E-state index in [1.54, 1.807) is 6.07 Å². The van der Waals surface area contributed by atoms with Crippen LogP contribution in [0.2, 0.25) is 0 Å². The van der Waals surface area contributed by atoms with Crippen LogP contribution in [0.3, 0.4) is 0 Å². The highest BCUT2D eigenvalue weighted by atomic mass is 16.5. The quantitative estimate of drug-likeness (QED) is 0.805. The molecule has 4 nitrogen and oxygen atoms in total. The molecule has 1 rings (SSSR count). The van der Waals surface area contributed by atoms with Crippen LogP contribution in [-0.4, -0.2) is 23.7 Å². The van der Waals surface area contributed by atoms with E-state index in [9.17, 15) is 9.90 Å². The van der Waals surface area contributed by atoms with Gasteiger partial charge in [-0.2, -0.15) is 0 Å². The highest BCUT2D eigenvalue weighted by Crippen LogP contribution is 2.25. The Balaban J connectivity index is 3.03. The molecule has 1 aromatic carbocycles. The van der Waals surface area contributed by atoms with Crippen LogP contribution in [0.15, 0.2) is 18.2 Å². The third-order valence-corrected chi connectivity index (χ3v) is 1.86. The second-order valence-corrected chi connectivity index (χ2v) is 4.47. The van der Waals surface area contributed by atoms with Gasteiger partial charge in [-0.1, -0.05) is 0 Å². The van der Waals surface area contributed by atoms with E-state index in [0.717, 1.165) is 0 Å². The Bertz CT molecular complexity index is 394. The van der Waals surface area contributed by atoms with Gasteiger partial charge in [-0.3, -0.25) is 4.79 Å². The molecule has 0 aromatic heterocycles. The van der Waals surface area contributed by atoms with Crippen LogP contribution in [0.4, 0.5) is 0 Å². The number of benzene rings is 1. The van der Waals surface area contributed by atoms with Crippen molar-refractivity contribution in [1.29, 1.82) is 0 Å². The molecule has 0 unspecified atom stereocenters. The van der Waals surface area contributed by atoms with Gasteiger partial charge < -0.3 is 15.2 Å². The number of phenolic OH excluding ortho intramolecular Hbond substituents is 1. The first-order chi connectivity index (χ1) is 7.33. The number of carbonyl (C=O) groups excluding carboxylic acids is 1. The maximum absolute atomic E-state index is 11.4. The standard InChI is InChI=1S/C12H17NO3/c1-12(2,3)16-8-5-6-10(14)9(7-8)11(15)13-4/h5-7,14H,1-4H3,(H,13,15). The molecule has 16 heavy (non-hydrogen) atoms. The summed E-state index contributed by atoms with van der Waals surface area (Å²) in [6, 6.07) is 4.61. The van der Waals surface area contributed by atoms with E-state index in [1.165, 1.54) is 19.2 Å². The molecule has 0 atom stereocenters. The van der Waals surface area contributed by atoms with Crippen molar-refractivity contribution in [2.45, 2.75) is 26.4 Å². The van der Waals surface area contributed by atoms with Crippen LogP contribution in [0, 0.1) is 0 Å². The summed E-state index contributed by atoms with van der Waals surface area (Å²) in [6.45, 7) is 5.75. The van der Waals surface area contributed by atoms with Gasteiger partial charge in [-0.25, -0.2) is 0 Å². The fourth-order valence-electron chi connectivity index (χ4n) is 1.25. The summed E-state index contributed by atoms with van der Waals surface area (Å²) in [5.74, 6) is 0.168. The molecule has 4 heteroatoms. The van der Waals surface area contributed by atoms with Crippen molar-refractivity contribution < 1.29 is 14.6 Å². The molecule has 0 aliphatic heterocycles. The fraction of sp³-hybridized carbons (Fsp3) is 0.417. The summed E-state index contributed by atoms with van der Waals surface area (Å²) in [6.07, 6.45) is 0. The number of hydrogen-bond acceptors (Lipinski definition) is 3. The summed E-state index contributed by atoms with van der Waals surface area (Å²) in [7, 11) is 1.51. The molecule has 0 saturated heterocycles. The van der Waals surface area contributed by atoms with Gasteiger partial charge in [0.15, 0.2) is 0 Å². The zero-order valence-electron chi connectivity index (χ0n) is 10.00. The van der Waals surface area contributed by atoms with Crippen molar-refractivity contribution in [3.8, 4) is 11.5 Å². The van der Waals surface area contributed by atoms with Crippen molar-refractivity contribution in [2.24, 2.45) is 0 Å². The number of aromatic hydroxyl groups is 1. The normalized spacial score (nSPS) is 11.0. The number of rotatable bonds is 2. The molecule has 0 heterocycles. The zero-order chi connectivity index (χ0) is 12.3. The summed E-state index contributed by atoms with van der Waals surface area (Å²) < 4.78 is 5.60. The third-order valence-electron chi connectivity index (χ3n) is 1.86. The summed E-state index contributed by atoms with van der Waals surface area (Å²) in [4.78, 5) is 11.4. The van der Waals surface area contributed by atoms with Gasteiger partial charge in [0, 0.05) is 7.05 Å². The average Bonchev–Trinajstić information content (AvgIpc) is 2.18. The van der Waals surface area contributed by atoms with E-state index in [0.29, 0.717) is 5.75 Å². The molecule has 1 aromatic rings. The smallest absolute Gasteiger partial charge is 0.254 e. The number of nitrogens with one attached hydrogen (secondary N) is 1. The van der Waals surface area contributed by atoms with Crippen LogP contribution >= 0.6 is 0 Å². The number of amides is 1. The molecule has 0 bridgehead atoms. The van der Waals surface area contributed by atoms with Crippen LogP contribution < -0.4 is 10.1 Å². The molecule has 0 fully saturated rings. The zero-order valence-corrected chi connectivity index (χ0v) is 10.00. The maximum atomic E-state index is 11.4. The van der Waals surface area contributed by atoms with Gasteiger partial charge >= 0.3 is 0 Å². The van der Waals surface area contributed by atoms with Gasteiger partial charge in [0.2, 0.25) is 0 Å². The lowest BCUT2D eigenvalue weighted by Crippen LogP contribution is -2.23. The second-order valence-electron chi connectivity index (χ2n) is 4.47. The topological polar surface area (TPSA) is 58.6 Å². The predicted molar refractivity (Wildman–Crippen MR) is 61.9 cm³/mol. The minimum Gasteiger partial charge on any atom is -0.507 e. The summed E-state index contributed by atoms with van der Waals surface area (Å²) >= 11 is 0. The Labute approximate surface area is 95.2 Å². The molecule has 0 aliphatic rings. The van der Waals surface area contributed by atoms with E-state index in [4.69, 9.17) is 4.74 Å². The Morgan fingerprint density at radius 1 is 1.38 bits per heavy atom. The van der Waals surface area contributed by atoms with Crippen molar-refractivity contribution in [2.75, 3.05) is 7.05 Å². The van der Waals surface area contributed by atoms with E-state index in [-0.39, 0.29) is 22.8 Å². The second kappa shape index (κ2) is 4.43. The molecule has 0 aliphatic carbocycles. The van der Waals surface area contributed by atoms with E-state index >= 15 is 0 Å². The lowest BCUT2D eigenvalue weighted by atomic mass is 10.1. The van der Waals surface area contributed by atoms with Gasteiger partial charge in [0.1, 0.15) is 17.1 Å². The Morgan fingerprint density at radius 3 is 2.50 bits per heavy atom. The Hall–Kier alpha value is -1.71. The van der Waals surface area contributed by atoms with Crippen molar-refractivity contribution in [3.05, 3.63) is 23.8 Å². The maximum Gasteiger partial charge on any atom is 0.254 e. The first-order valence-electron chi connectivity index (χ1n) is 5.07.